The lowest BCUT2D eigenvalue weighted by Crippen LogP contribution is -2.40. The van der Waals surface area contributed by atoms with Gasteiger partial charge in [-0.15, -0.1) is 11.8 Å². The van der Waals surface area contributed by atoms with Crippen LogP contribution in [-0.2, 0) is 25.4 Å². The van der Waals surface area contributed by atoms with Crippen molar-refractivity contribution in [2.75, 3.05) is 65.5 Å². The number of nitrogens with zero attached hydrogens (tertiary/aromatic N) is 3. The number of carbonyl (C=O) groups is 2. The Labute approximate surface area is 332 Å². The normalized spacial score (nSPS) is 18.0. The summed E-state index contributed by atoms with van der Waals surface area (Å²) in [6, 6.07) is 12.1. The molecule has 0 amide bonds. The Morgan fingerprint density at radius 3 is 2.50 bits per heavy atom. The molecule has 3 aliphatic rings. The van der Waals surface area contributed by atoms with Gasteiger partial charge in [-0.2, -0.15) is 8.78 Å². The molecule has 3 heterocycles. The molecule has 11 nitrogen and oxygen atoms in total. The Balaban J connectivity index is 0.000000213. The summed E-state index contributed by atoms with van der Waals surface area (Å²) in [7, 11) is 1.46. The van der Waals surface area contributed by atoms with Gasteiger partial charge < -0.3 is 23.7 Å². The number of esters is 1. The highest BCUT2D eigenvalue weighted by molar-refractivity contribution is 8.02. The lowest BCUT2D eigenvalue weighted by molar-refractivity contribution is -0.885. The van der Waals surface area contributed by atoms with Gasteiger partial charge in [0.1, 0.15) is 29.9 Å². The molecule has 54 heavy (non-hydrogen) atoms. The molecule has 0 radical (unpaired) electrons. The van der Waals surface area contributed by atoms with E-state index in [2.05, 4.69) is 20.9 Å². The average Bonchev–Trinajstić information content (AvgIpc) is 3.92. The molecule has 6 rings (SSSR count). The smallest absolute Gasteiger partial charge is 0.387 e. The molecule has 3 aromatic rings. The molecule has 1 aliphatic carbocycles. The second kappa shape index (κ2) is 21.3. The molecule has 2 aromatic carbocycles. The first-order valence-corrected chi connectivity index (χ1v) is 20.1. The Kier molecular flexibility index (Phi) is 16.6. The van der Waals surface area contributed by atoms with E-state index in [1.54, 1.807) is 11.9 Å². The van der Waals surface area contributed by atoms with E-state index < -0.39 is 12.7 Å². The molecule has 0 bridgehead atoms. The summed E-state index contributed by atoms with van der Waals surface area (Å²) in [5, 5.41) is 1.14. The Bertz CT molecular complexity index is 1670. The highest BCUT2D eigenvalue weighted by Crippen LogP contribution is 2.38. The van der Waals surface area contributed by atoms with Crippen molar-refractivity contribution in [3.8, 4) is 11.5 Å². The third-order valence-corrected chi connectivity index (χ3v) is 11.9. The van der Waals surface area contributed by atoms with Crippen LogP contribution in [0.4, 0.5) is 8.78 Å². The van der Waals surface area contributed by atoms with Crippen LogP contribution in [0.2, 0.25) is 10.0 Å². The highest BCUT2D eigenvalue weighted by Gasteiger charge is 2.26. The van der Waals surface area contributed by atoms with Crippen LogP contribution in [0, 0.1) is 5.92 Å². The molecule has 3 fully saturated rings. The van der Waals surface area contributed by atoms with E-state index in [0.717, 1.165) is 62.9 Å². The van der Waals surface area contributed by atoms with Crippen molar-refractivity contribution in [1.82, 2.24) is 9.21 Å². The van der Waals surface area contributed by atoms with Gasteiger partial charge in [-0.05, 0) is 73.5 Å². The second-order valence-electron chi connectivity index (χ2n) is 12.6. The van der Waals surface area contributed by atoms with Crippen molar-refractivity contribution in [3.63, 3.8) is 0 Å². The van der Waals surface area contributed by atoms with E-state index in [9.17, 15) is 18.4 Å². The summed E-state index contributed by atoms with van der Waals surface area (Å²) in [5.74, 6) is 1.40. The van der Waals surface area contributed by atoms with E-state index in [1.807, 2.05) is 36.0 Å². The number of ether oxygens (including phenoxy) is 5. The van der Waals surface area contributed by atoms with Gasteiger partial charge in [-0.3, -0.25) is 14.5 Å². The van der Waals surface area contributed by atoms with E-state index >= 15 is 0 Å². The number of morpholine rings is 1. The molecule has 0 N–H and O–H groups in total. The monoisotopic (exact) mass is 830 g/mol. The molecule has 1 aromatic heterocycles. The Hall–Kier alpha value is -3.05. The van der Waals surface area contributed by atoms with Crippen molar-refractivity contribution < 1.29 is 51.6 Å². The first-order valence-electron chi connectivity index (χ1n) is 17.5. The van der Waals surface area contributed by atoms with E-state index in [0.29, 0.717) is 57.7 Å². The number of hydrogen-bond donors (Lipinski definition) is 0. The fourth-order valence-corrected chi connectivity index (χ4v) is 8.40. The van der Waals surface area contributed by atoms with Crippen molar-refractivity contribution in [2.24, 2.45) is 5.92 Å². The summed E-state index contributed by atoms with van der Waals surface area (Å²) in [6.45, 7) is 5.55. The van der Waals surface area contributed by atoms with Gasteiger partial charge in [0.25, 0.3) is 6.47 Å². The van der Waals surface area contributed by atoms with E-state index in [1.165, 1.54) is 42.4 Å². The van der Waals surface area contributed by atoms with Crippen LogP contribution in [-0.4, -0.2) is 99.1 Å². The van der Waals surface area contributed by atoms with Gasteiger partial charge >= 0.3 is 12.6 Å². The summed E-state index contributed by atoms with van der Waals surface area (Å²) < 4.78 is 55.4. The van der Waals surface area contributed by atoms with Gasteiger partial charge in [0.05, 0.1) is 30.8 Å². The maximum Gasteiger partial charge on any atom is 0.387 e. The van der Waals surface area contributed by atoms with Gasteiger partial charge in [-0.1, -0.05) is 35.3 Å². The van der Waals surface area contributed by atoms with Gasteiger partial charge in [-0.25, -0.2) is 9.10 Å². The summed E-state index contributed by atoms with van der Waals surface area (Å²) in [5.41, 5.74) is 1.68. The van der Waals surface area contributed by atoms with E-state index in [4.69, 9.17) is 47.0 Å². The first kappa shape index (κ1) is 42.1. The van der Waals surface area contributed by atoms with Crippen LogP contribution < -0.4 is 19.0 Å². The van der Waals surface area contributed by atoms with Crippen LogP contribution in [0.25, 0.3) is 0 Å². The number of alkyl halides is 2. The minimum Gasteiger partial charge on any atom is -0.489 e. The molecule has 1 unspecified atom stereocenters. The Morgan fingerprint density at radius 2 is 1.85 bits per heavy atom. The number of pyridine rings is 1. The zero-order chi connectivity index (χ0) is 38.5. The summed E-state index contributed by atoms with van der Waals surface area (Å²) >= 11 is 16.3. The third-order valence-electron chi connectivity index (χ3n) is 8.72. The topological polar surface area (TPSA) is 99.9 Å². The van der Waals surface area contributed by atoms with E-state index in [-0.39, 0.29) is 23.9 Å². The van der Waals surface area contributed by atoms with Crippen molar-refractivity contribution in [1.29, 1.82) is 0 Å². The van der Waals surface area contributed by atoms with Crippen molar-refractivity contribution in [2.45, 2.75) is 49.2 Å². The molecular formula is C37H44Cl2F2N3O8S2+. The summed E-state index contributed by atoms with van der Waals surface area (Å²) in [4.78, 5) is 31.7. The number of benzene rings is 2. The second-order valence-corrected chi connectivity index (χ2v) is 15.9. The molecule has 17 heteroatoms. The zero-order valence-corrected chi connectivity index (χ0v) is 33.1. The van der Waals surface area contributed by atoms with Gasteiger partial charge in [0.15, 0.2) is 11.5 Å². The first-order chi connectivity index (χ1) is 26.1. The standard InChI is InChI=1S/C20H20Cl2F2NO5.C17H24N2O3S2/c1-27-25-8-15(21)14(16(22)9-25)7-18(29-11-26)13-4-5-17(30-20(23)24)19(6-13)28-10-12-2-3-12;1-14-19(8-12-23-14)24-16-4-2-3-15(13-16)17(20)22-11-7-18-5-9-21-10-6-18/h4-6,8-9,11-12,18,20H,2-3,7,10H2,1H3;2-4,13-14H,5-12H2,1H3/q+1;/t18-;/m0./s1. The predicted octanol–water partition coefficient (Wildman–Crippen LogP) is 6.76. The van der Waals surface area contributed by atoms with Crippen LogP contribution in [0.5, 0.6) is 11.5 Å². The van der Waals surface area contributed by atoms with Crippen molar-refractivity contribution >= 4 is 59.4 Å². The molecule has 1 saturated carbocycles. The van der Waals surface area contributed by atoms with Gasteiger partial charge in [0, 0.05) is 53.5 Å². The fraction of sp³-hybridized carbons (Fsp3) is 0.486. The third kappa shape index (κ3) is 13.0. The Morgan fingerprint density at radius 1 is 1.09 bits per heavy atom. The number of aromatic nitrogens is 1. The number of carbonyl (C=O) groups excluding carboxylic acids is 2. The summed E-state index contributed by atoms with van der Waals surface area (Å²) in [6.07, 6.45) is 4.48. The van der Waals surface area contributed by atoms with Gasteiger partial charge in [0.2, 0.25) is 12.4 Å². The highest BCUT2D eigenvalue weighted by atomic mass is 35.5. The molecule has 2 saturated heterocycles. The maximum absolute atomic E-state index is 12.7. The molecule has 2 aliphatic heterocycles. The molecule has 2 atom stereocenters. The number of hydrogen-bond acceptors (Lipinski definition) is 12. The van der Waals surface area contributed by atoms with Crippen LogP contribution in [0.3, 0.4) is 0 Å². The number of thioether (sulfide) groups is 1. The molecule has 0 spiro atoms. The minimum atomic E-state index is -2.99. The predicted molar refractivity (Wildman–Crippen MR) is 203 cm³/mol. The van der Waals surface area contributed by atoms with Crippen molar-refractivity contribution in [3.05, 3.63) is 81.6 Å². The number of rotatable bonds is 17. The van der Waals surface area contributed by atoms with Crippen LogP contribution >= 0.6 is 46.9 Å². The van der Waals surface area contributed by atoms with Crippen LogP contribution in [0.1, 0.15) is 47.4 Å². The fourth-order valence-electron chi connectivity index (χ4n) is 5.54. The lowest BCUT2D eigenvalue weighted by Gasteiger charge is -2.26. The zero-order valence-electron chi connectivity index (χ0n) is 30.0. The number of halogens is 4. The lowest BCUT2D eigenvalue weighted by atomic mass is 10.0. The van der Waals surface area contributed by atoms with Crippen LogP contribution in [0.15, 0.2) is 59.8 Å². The largest absolute Gasteiger partial charge is 0.489 e. The molecular weight excluding hydrogens is 787 g/mol. The SMILES string of the molecule is CC1SCCN1Sc1cccc(C(=O)OCCN2CCOCC2)c1.CO[n+]1cc(Cl)c(C[C@H](OC=O)c2ccc(OC(F)F)c(OCC3CC3)c2)c(Cl)c1. The molecule has 294 valence electrons. The maximum atomic E-state index is 12.7. The average molecular weight is 832 g/mol. The quantitative estimate of drug-likeness (QED) is 0.0622. The minimum absolute atomic E-state index is 0.0869.